The number of aliphatic hydroxyl groups is 1. The molecular formula is C16H28N3O2-. The number of likely N-dealkylation sites (tertiary alicyclic amines) is 1. The maximum Gasteiger partial charge on any atom is 0.208 e. The molecule has 1 saturated carbocycles. The van der Waals surface area contributed by atoms with E-state index in [0.717, 1.165) is 18.5 Å². The normalized spacial score (nSPS) is 28.6. The minimum absolute atomic E-state index is 0.00797. The highest BCUT2D eigenvalue weighted by molar-refractivity contribution is 5.86. The molecule has 1 heterocycles. The van der Waals surface area contributed by atoms with Gasteiger partial charge in [-0.2, -0.15) is 6.20 Å². The molecule has 1 amide bonds. The van der Waals surface area contributed by atoms with E-state index in [4.69, 9.17) is 5.73 Å². The fourth-order valence-electron chi connectivity index (χ4n) is 2.81. The van der Waals surface area contributed by atoms with Gasteiger partial charge in [0.05, 0.1) is 6.10 Å². The number of nitrogens with zero attached hydrogens (tertiary/aromatic N) is 2. The summed E-state index contributed by atoms with van der Waals surface area (Å²) in [6.07, 6.45) is 4.16. The summed E-state index contributed by atoms with van der Waals surface area (Å²) in [7, 11) is 0. The monoisotopic (exact) mass is 294 g/mol. The molecule has 1 aliphatic heterocycles. The molecule has 2 fully saturated rings. The van der Waals surface area contributed by atoms with E-state index in [1.54, 1.807) is 11.1 Å². The number of hydrogen-bond acceptors (Lipinski definition) is 3. The van der Waals surface area contributed by atoms with Crippen LogP contribution in [0.1, 0.15) is 47.0 Å². The van der Waals surface area contributed by atoms with Crippen molar-refractivity contribution in [2.75, 3.05) is 6.54 Å². The van der Waals surface area contributed by atoms with Crippen molar-refractivity contribution in [2.24, 2.45) is 17.1 Å². The predicted octanol–water partition coefficient (Wildman–Crippen LogP) is 1.97. The second-order valence-electron chi connectivity index (χ2n) is 7.55. The number of carbonyl (C=O) groups is 1. The SMILES string of the molecule is C[C@@H]1C[C@@H](O)CN1C(=O)C([N-]/C=C(\N)C1CC1)C(C)(C)C. The van der Waals surface area contributed by atoms with Gasteiger partial charge in [0.25, 0.3) is 0 Å². The number of hydrogen-bond donors (Lipinski definition) is 2. The van der Waals surface area contributed by atoms with Crippen LogP contribution >= 0.6 is 0 Å². The first-order valence-electron chi connectivity index (χ1n) is 7.84. The Hall–Kier alpha value is -1.23. The Morgan fingerprint density at radius 1 is 1.43 bits per heavy atom. The van der Waals surface area contributed by atoms with Crippen LogP contribution in [0.3, 0.4) is 0 Å². The van der Waals surface area contributed by atoms with Crippen molar-refractivity contribution in [3.63, 3.8) is 0 Å². The van der Waals surface area contributed by atoms with Gasteiger partial charge < -0.3 is 21.1 Å². The number of amides is 1. The van der Waals surface area contributed by atoms with Gasteiger partial charge in [-0.05, 0) is 49.3 Å². The molecule has 3 N–H and O–H groups in total. The molecule has 21 heavy (non-hydrogen) atoms. The maximum absolute atomic E-state index is 12.8. The largest absolute Gasteiger partial charge is 0.679 e. The molecule has 120 valence electrons. The van der Waals surface area contributed by atoms with E-state index in [9.17, 15) is 9.90 Å². The molecule has 0 aromatic carbocycles. The average Bonchev–Trinajstić information content (AvgIpc) is 3.13. The first kappa shape index (κ1) is 16.1. The number of β-amino-alcohol motifs (C(OH)–C–C–N with tert-alkyl or cyclic N) is 1. The van der Waals surface area contributed by atoms with E-state index in [1.165, 1.54) is 0 Å². The standard InChI is InChI=1S/C16H28N3O2/c1-10-7-12(20)9-19(10)15(21)14(16(2,3)4)18-8-13(17)11-5-6-11/h8,10-12,14,20H,5-7,9,17H2,1-4H3/q-1/b13-8-/t10-,12-,14?/m1/s1. The third-order valence-corrected chi connectivity index (χ3v) is 4.31. The van der Waals surface area contributed by atoms with Gasteiger partial charge in [-0.3, -0.25) is 4.79 Å². The lowest BCUT2D eigenvalue weighted by atomic mass is 9.85. The van der Waals surface area contributed by atoms with Crippen molar-refractivity contribution < 1.29 is 9.90 Å². The van der Waals surface area contributed by atoms with Gasteiger partial charge >= 0.3 is 0 Å². The highest BCUT2D eigenvalue weighted by Gasteiger charge is 2.35. The topological polar surface area (TPSA) is 80.7 Å². The summed E-state index contributed by atoms with van der Waals surface area (Å²) in [5, 5.41) is 14.2. The predicted molar refractivity (Wildman–Crippen MR) is 83.4 cm³/mol. The van der Waals surface area contributed by atoms with Gasteiger partial charge in [-0.1, -0.05) is 20.8 Å². The van der Waals surface area contributed by atoms with Crippen molar-refractivity contribution in [1.82, 2.24) is 4.90 Å². The Labute approximate surface area is 127 Å². The molecule has 0 spiro atoms. The quantitative estimate of drug-likeness (QED) is 0.831. The number of nitrogens with two attached hydrogens (primary N) is 1. The lowest BCUT2D eigenvalue weighted by Crippen LogP contribution is -2.46. The smallest absolute Gasteiger partial charge is 0.208 e. The molecule has 0 aromatic rings. The van der Waals surface area contributed by atoms with Crippen LogP contribution in [0.2, 0.25) is 0 Å². The third-order valence-electron chi connectivity index (χ3n) is 4.31. The molecular weight excluding hydrogens is 266 g/mol. The van der Waals surface area contributed by atoms with Crippen LogP contribution in [-0.2, 0) is 4.79 Å². The maximum atomic E-state index is 12.8. The molecule has 1 saturated heterocycles. The third kappa shape index (κ3) is 3.90. The van der Waals surface area contributed by atoms with E-state index in [-0.39, 0.29) is 17.4 Å². The Morgan fingerprint density at radius 3 is 2.48 bits per heavy atom. The summed E-state index contributed by atoms with van der Waals surface area (Å²) >= 11 is 0. The van der Waals surface area contributed by atoms with Crippen LogP contribution in [0.15, 0.2) is 11.9 Å². The van der Waals surface area contributed by atoms with Gasteiger partial charge in [0.15, 0.2) is 0 Å². The van der Waals surface area contributed by atoms with Crippen LogP contribution < -0.4 is 5.73 Å². The number of allylic oxidation sites excluding steroid dienone is 1. The first-order chi connectivity index (χ1) is 9.70. The number of rotatable bonds is 4. The van der Waals surface area contributed by atoms with E-state index in [0.29, 0.717) is 18.9 Å². The van der Waals surface area contributed by atoms with E-state index in [2.05, 4.69) is 5.32 Å². The number of carbonyl (C=O) groups excluding carboxylic acids is 1. The van der Waals surface area contributed by atoms with Crippen LogP contribution in [0.5, 0.6) is 0 Å². The molecule has 1 aliphatic carbocycles. The second-order valence-corrected chi connectivity index (χ2v) is 7.55. The minimum Gasteiger partial charge on any atom is -0.679 e. The molecule has 0 aromatic heterocycles. The van der Waals surface area contributed by atoms with Crippen molar-refractivity contribution in [2.45, 2.75) is 65.1 Å². The summed E-state index contributed by atoms with van der Waals surface area (Å²) in [6.45, 7) is 8.42. The summed E-state index contributed by atoms with van der Waals surface area (Å²) in [5.74, 6) is 0.448. The Morgan fingerprint density at radius 2 is 2.05 bits per heavy atom. The Balaban J connectivity index is 2.08. The molecule has 0 bridgehead atoms. The Bertz CT molecular complexity index is 424. The van der Waals surface area contributed by atoms with Crippen molar-refractivity contribution in [1.29, 1.82) is 0 Å². The van der Waals surface area contributed by atoms with Crippen LogP contribution in [-0.4, -0.2) is 40.6 Å². The molecule has 2 rings (SSSR count). The van der Waals surface area contributed by atoms with Crippen molar-refractivity contribution >= 4 is 5.91 Å². The van der Waals surface area contributed by atoms with Gasteiger partial charge in [0, 0.05) is 12.6 Å². The molecule has 3 atom stereocenters. The zero-order valence-electron chi connectivity index (χ0n) is 13.5. The molecule has 0 radical (unpaired) electrons. The second kappa shape index (κ2) is 5.87. The van der Waals surface area contributed by atoms with Crippen LogP contribution in [0.25, 0.3) is 5.32 Å². The Kier molecular flexibility index (Phi) is 4.51. The van der Waals surface area contributed by atoms with Gasteiger partial charge in [0.2, 0.25) is 5.91 Å². The van der Waals surface area contributed by atoms with E-state index in [1.807, 2.05) is 27.7 Å². The summed E-state index contributed by atoms with van der Waals surface area (Å²) in [5.41, 5.74) is 6.49. The molecule has 5 nitrogen and oxygen atoms in total. The van der Waals surface area contributed by atoms with Gasteiger partial charge in [-0.15, -0.1) is 0 Å². The first-order valence-corrected chi connectivity index (χ1v) is 7.84. The lowest BCUT2D eigenvalue weighted by Gasteiger charge is -2.43. The number of aliphatic hydroxyl groups excluding tert-OH is 1. The zero-order chi connectivity index (χ0) is 15.8. The fraction of sp³-hybridized carbons (Fsp3) is 0.812. The van der Waals surface area contributed by atoms with Crippen LogP contribution in [0, 0.1) is 11.3 Å². The summed E-state index contributed by atoms with van der Waals surface area (Å²) in [4.78, 5) is 14.6. The minimum atomic E-state index is -0.456. The van der Waals surface area contributed by atoms with E-state index >= 15 is 0 Å². The fourth-order valence-corrected chi connectivity index (χ4v) is 2.81. The van der Waals surface area contributed by atoms with Crippen molar-refractivity contribution in [3.8, 4) is 0 Å². The highest BCUT2D eigenvalue weighted by atomic mass is 16.3. The van der Waals surface area contributed by atoms with Gasteiger partial charge in [-0.25, -0.2) is 0 Å². The van der Waals surface area contributed by atoms with Crippen molar-refractivity contribution in [3.05, 3.63) is 17.2 Å². The molecule has 1 unspecified atom stereocenters. The highest BCUT2D eigenvalue weighted by Crippen LogP contribution is 2.36. The van der Waals surface area contributed by atoms with E-state index < -0.39 is 12.1 Å². The molecule has 5 heteroatoms. The van der Waals surface area contributed by atoms with Gasteiger partial charge in [0.1, 0.15) is 0 Å². The van der Waals surface area contributed by atoms with Crippen LogP contribution in [0.4, 0.5) is 0 Å². The zero-order valence-corrected chi connectivity index (χ0v) is 13.5. The molecule has 2 aliphatic rings. The lowest BCUT2D eigenvalue weighted by molar-refractivity contribution is -0.134. The summed E-state index contributed by atoms with van der Waals surface area (Å²) in [6, 6.07) is -0.389. The average molecular weight is 294 g/mol. The summed E-state index contributed by atoms with van der Waals surface area (Å²) < 4.78 is 0.